The van der Waals surface area contributed by atoms with Gasteiger partial charge < -0.3 is 9.47 Å². The van der Waals surface area contributed by atoms with Crippen LogP contribution in [0, 0.1) is 0 Å². The lowest BCUT2D eigenvalue weighted by Crippen LogP contribution is -2.34. The molecular formula is C26H32N4O4. The number of hydrogen-bond acceptors (Lipinski definition) is 7. The number of carbonyl (C=O) groups excluding carboxylic acids is 2. The predicted molar refractivity (Wildman–Crippen MR) is 129 cm³/mol. The number of aryl methyl sites for hydroxylation is 1. The minimum atomic E-state index is -0.659. The van der Waals surface area contributed by atoms with Crippen LogP contribution in [0.4, 0.5) is 4.79 Å². The van der Waals surface area contributed by atoms with E-state index in [1.165, 1.54) is 17.2 Å². The van der Waals surface area contributed by atoms with E-state index in [1.54, 1.807) is 18.2 Å². The van der Waals surface area contributed by atoms with Gasteiger partial charge in [0.1, 0.15) is 11.4 Å². The Balaban J connectivity index is 1.76. The molecule has 1 aliphatic carbocycles. The number of methoxy groups -OCH3 is 1. The summed E-state index contributed by atoms with van der Waals surface area (Å²) in [7, 11) is 1.34. The van der Waals surface area contributed by atoms with Crippen molar-refractivity contribution in [1.82, 2.24) is 19.4 Å². The Bertz CT molecular complexity index is 1210. The third-order valence-corrected chi connectivity index (χ3v) is 6.08. The van der Waals surface area contributed by atoms with Crippen molar-refractivity contribution < 1.29 is 19.1 Å². The number of hydrogen-bond donors (Lipinski definition) is 0. The van der Waals surface area contributed by atoms with Gasteiger partial charge in [0.15, 0.2) is 0 Å². The Kier molecular flexibility index (Phi) is 6.70. The molecule has 8 heteroatoms. The molecular weight excluding hydrogens is 432 g/mol. The Hall–Kier alpha value is -3.26. The van der Waals surface area contributed by atoms with Crippen LogP contribution < -0.4 is 0 Å². The number of carbonyl (C=O) groups is 2. The van der Waals surface area contributed by atoms with Gasteiger partial charge in [0.05, 0.1) is 42.0 Å². The molecule has 1 aliphatic rings. The van der Waals surface area contributed by atoms with Gasteiger partial charge in [0, 0.05) is 6.20 Å². The Morgan fingerprint density at radius 3 is 2.74 bits per heavy atom. The Morgan fingerprint density at radius 1 is 1.24 bits per heavy atom. The summed E-state index contributed by atoms with van der Waals surface area (Å²) < 4.78 is 12.1. The average Bonchev–Trinajstić information content (AvgIpc) is 3.18. The highest BCUT2D eigenvalue weighted by atomic mass is 16.6. The first-order valence-corrected chi connectivity index (χ1v) is 11.7. The first kappa shape index (κ1) is 23.9. The molecule has 0 bridgehead atoms. The van der Waals surface area contributed by atoms with Gasteiger partial charge in [0.25, 0.3) is 0 Å². The molecule has 34 heavy (non-hydrogen) atoms. The van der Waals surface area contributed by atoms with E-state index in [0.29, 0.717) is 29.0 Å². The van der Waals surface area contributed by atoms with Crippen molar-refractivity contribution in [3.05, 3.63) is 59.2 Å². The molecule has 0 saturated carbocycles. The largest absolute Gasteiger partial charge is 0.465 e. The lowest BCUT2D eigenvalue weighted by Gasteiger charge is -2.34. The van der Waals surface area contributed by atoms with E-state index in [0.717, 1.165) is 31.5 Å². The van der Waals surface area contributed by atoms with Crippen LogP contribution >= 0.6 is 0 Å². The van der Waals surface area contributed by atoms with Gasteiger partial charge >= 0.3 is 12.1 Å². The number of aromatic nitrogens is 3. The van der Waals surface area contributed by atoms with Gasteiger partial charge in [-0.3, -0.25) is 9.88 Å². The maximum atomic E-state index is 13.3. The van der Waals surface area contributed by atoms with Crippen molar-refractivity contribution >= 4 is 23.1 Å². The van der Waals surface area contributed by atoms with Gasteiger partial charge in [-0.1, -0.05) is 13.0 Å². The number of fused-ring (bicyclic) bond motifs is 2. The zero-order valence-electron chi connectivity index (χ0n) is 20.5. The summed E-state index contributed by atoms with van der Waals surface area (Å²) >= 11 is 0. The van der Waals surface area contributed by atoms with Gasteiger partial charge in [-0.15, -0.1) is 0 Å². The van der Waals surface area contributed by atoms with Crippen molar-refractivity contribution in [1.29, 1.82) is 0 Å². The Labute approximate surface area is 199 Å². The summed E-state index contributed by atoms with van der Waals surface area (Å²) in [5.74, 6) is 0.117. The highest BCUT2D eigenvalue weighted by Crippen LogP contribution is 2.34. The zero-order valence-corrected chi connectivity index (χ0v) is 20.5. The van der Waals surface area contributed by atoms with Crippen LogP contribution in [0.1, 0.15) is 74.0 Å². The molecule has 0 saturated heterocycles. The smallest absolute Gasteiger partial charge is 0.420 e. The summed E-state index contributed by atoms with van der Waals surface area (Å²) in [5, 5.41) is 0. The number of imidazole rings is 1. The molecule has 4 rings (SSSR count). The highest BCUT2D eigenvalue weighted by Gasteiger charge is 2.30. The third kappa shape index (κ3) is 4.82. The average molecular weight is 465 g/mol. The summed E-state index contributed by atoms with van der Waals surface area (Å²) in [6.07, 6.45) is 4.47. The predicted octanol–water partition coefficient (Wildman–Crippen LogP) is 4.90. The van der Waals surface area contributed by atoms with Gasteiger partial charge in [-0.2, -0.15) is 0 Å². The molecule has 1 aromatic carbocycles. The maximum absolute atomic E-state index is 13.3. The molecule has 0 aliphatic heterocycles. The van der Waals surface area contributed by atoms with Crippen LogP contribution in [0.3, 0.4) is 0 Å². The van der Waals surface area contributed by atoms with Crippen molar-refractivity contribution in [3.8, 4) is 0 Å². The van der Waals surface area contributed by atoms with Gasteiger partial charge in [-0.05, 0) is 76.4 Å². The van der Waals surface area contributed by atoms with Crippen LogP contribution in [-0.2, 0) is 22.4 Å². The number of ether oxygens (including phenoxy) is 2. The summed E-state index contributed by atoms with van der Waals surface area (Å²) in [6.45, 7) is 8.82. The van der Waals surface area contributed by atoms with E-state index in [9.17, 15) is 9.59 Å². The van der Waals surface area contributed by atoms with Crippen LogP contribution in [0.2, 0.25) is 0 Å². The summed E-state index contributed by atoms with van der Waals surface area (Å²) in [5.41, 5.74) is 3.24. The molecule has 0 amide bonds. The zero-order chi connectivity index (χ0) is 24.5. The monoisotopic (exact) mass is 464 g/mol. The molecule has 2 aromatic heterocycles. The molecule has 1 atom stereocenters. The number of pyridine rings is 1. The fourth-order valence-corrected chi connectivity index (χ4v) is 4.56. The summed E-state index contributed by atoms with van der Waals surface area (Å²) in [6, 6.07) is 9.28. The molecule has 2 heterocycles. The van der Waals surface area contributed by atoms with Crippen molar-refractivity contribution in [3.63, 3.8) is 0 Å². The number of esters is 1. The first-order chi connectivity index (χ1) is 16.2. The molecule has 3 aromatic rings. The fourth-order valence-electron chi connectivity index (χ4n) is 4.56. The molecule has 8 nitrogen and oxygen atoms in total. The van der Waals surface area contributed by atoms with E-state index in [-0.39, 0.29) is 6.04 Å². The topological polar surface area (TPSA) is 86.6 Å². The van der Waals surface area contributed by atoms with Crippen molar-refractivity contribution in [2.24, 2.45) is 0 Å². The quantitative estimate of drug-likeness (QED) is 0.496. The lowest BCUT2D eigenvalue weighted by molar-refractivity contribution is 0.0530. The van der Waals surface area contributed by atoms with Crippen LogP contribution in [0.15, 0.2) is 36.5 Å². The van der Waals surface area contributed by atoms with Crippen LogP contribution in [0.5, 0.6) is 0 Å². The molecule has 0 N–H and O–H groups in total. The minimum Gasteiger partial charge on any atom is -0.465 e. The Morgan fingerprint density at radius 2 is 2.03 bits per heavy atom. The second kappa shape index (κ2) is 9.54. The standard InChI is InChI=1S/C26H32N4O4/c1-6-29(21-11-7-9-17-10-8-14-27-23(17)21)16-22-28-19-15-18(24(31)33-5)12-13-20(19)30(22)25(32)34-26(2,3)4/h8,10,12-15,21H,6-7,9,11,16H2,1-5H3. The highest BCUT2D eigenvalue weighted by molar-refractivity contribution is 5.95. The molecule has 0 radical (unpaired) electrons. The molecule has 1 unspecified atom stereocenters. The number of benzene rings is 1. The maximum Gasteiger partial charge on any atom is 0.420 e. The first-order valence-electron chi connectivity index (χ1n) is 11.7. The van der Waals surface area contributed by atoms with E-state index < -0.39 is 17.7 Å². The van der Waals surface area contributed by atoms with E-state index in [4.69, 9.17) is 14.5 Å². The van der Waals surface area contributed by atoms with E-state index >= 15 is 0 Å². The summed E-state index contributed by atoms with van der Waals surface area (Å²) in [4.78, 5) is 37.1. The normalized spacial score (nSPS) is 15.9. The second-order valence-corrected chi connectivity index (χ2v) is 9.56. The molecule has 0 fully saturated rings. The molecule has 0 spiro atoms. The number of nitrogens with zero attached hydrogens (tertiary/aromatic N) is 4. The van der Waals surface area contributed by atoms with Crippen LogP contribution in [-0.4, -0.2) is 50.8 Å². The van der Waals surface area contributed by atoms with E-state index in [1.807, 2.05) is 33.0 Å². The van der Waals surface area contributed by atoms with Crippen molar-refractivity contribution in [2.45, 2.75) is 65.1 Å². The third-order valence-electron chi connectivity index (χ3n) is 6.08. The van der Waals surface area contributed by atoms with E-state index in [2.05, 4.69) is 22.9 Å². The minimum absolute atomic E-state index is 0.146. The van der Waals surface area contributed by atoms with Gasteiger partial charge in [-0.25, -0.2) is 19.1 Å². The van der Waals surface area contributed by atoms with Crippen molar-refractivity contribution in [2.75, 3.05) is 13.7 Å². The van der Waals surface area contributed by atoms with Crippen LogP contribution in [0.25, 0.3) is 11.0 Å². The fraction of sp³-hybridized carbons (Fsp3) is 0.462. The molecule has 180 valence electrons. The van der Waals surface area contributed by atoms with Gasteiger partial charge in [0.2, 0.25) is 0 Å². The number of rotatable bonds is 5. The lowest BCUT2D eigenvalue weighted by atomic mass is 9.91. The SMILES string of the molecule is CCN(Cc1nc2cc(C(=O)OC)ccc2n1C(=O)OC(C)(C)C)C1CCCc2cccnc21. The second-order valence-electron chi connectivity index (χ2n) is 9.56.